The minimum Gasteiger partial charge on any atom is -0.444 e. The Labute approximate surface area is 115 Å². The van der Waals surface area contributed by atoms with Crippen molar-refractivity contribution in [3.05, 3.63) is 12.7 Å². The summed E-state index contributed by atoms with van der Waals surface area (Å²) in [5, 5.41) is 0. The van der Waals surface area contributed by atoms with Crippen molar-refractivity contribution in [2.45, 2.75) is 45.8 Å². The van der Waals surface area contributed by atoms with E-state index in [0.29, 0.717) is 19.6 Å². The van der Waals surface area contributed by atoms with Gasteiger partial charge in [-0.25, -0.2) is 4.79 Å². The van der Waals surface area contributed by atoms with Crippen LogP contribution in [0.3, 0.4) is 0 Å². The van der Waals surface area contributed by atoms with E-state index in [1.165, 1.54) is 4.90 Å². The van der Waals surface area contributed by atoms with Crippen LogP contribution >= 0.6 is 0 Å². The van der Waals surface area contributed by atoms with Crippen LogP contribution < -0.4 is 0 Å². The van der Waals surface area contributed by atoms with Crippen LogP contribution in [0.25, 0.3) is 0 Å². The first-order valence-electron chi connectivity index (χ1n) is 6.65. The first-order chi connectivity index (χ1) is 8.76. The van der Waals surface area contributed by atoms with Crippen LogP contribution in [-0.4, -0.2) is 53.1 Å². The SMILES string of the molecule is C=CCCN1CCN(C(=O)OC(C)(C)C)[C@@H](C)C1=O. The smallest absolute Gasteiger partial charge is 0.411 e. The van der Waals surface area contributed by atoms with E-state index >= 15 is 0 Å². The van der Waals surface area contributed by atoms with Crippen molar-refractivity contribution >= 4 is 12.0 Å². The molecule has 1 aliphatic heterocycles. The molecule has 1 atom stereocenters. The fraction of sp³-hybridized carbons (Fsp3) is 0.714. The van der Waals surface area contributed by atoms with Crippen molar-refractivity contribution in [3.63, 3.8) is 0 Å². The minimum absolute atomic E-state index is 0.0287. The van der Waals surface area contributed by atoms with Gasteiger partial charge in [0.2, 0.25) is 5.91 Å². The molecule has 1 fully saturated rings. The molecular formula is C14H24N2O3. The molecule has 0 aromatic carbocycles. The van der Waals surface area contributed by atoms with Crippen molar-refractivity contribution in [2.24, 2.45) is 0 Å². The maximum Gasteiger partial charge on any atom is 0.411 e. The zero-order valence-electron chi connectivity index (χ0n) is 12.3. The van der Waals surface area contributed by atoms with Crippen molar-refractivity contribution in [3.8, 4) is 0 Å². The zero-order chi connectivity index (χ0) is 14.6. The minimum atomic E-state index is -0.542. The summed E-state index contributed by atoms with van der Waals surface area (Å²) in [5.41, 5.74) is -0.542. The monoisotopic (exact) mass is 268 g/mol. The summed E-state index contributed by atoms with van der Waals surface area (Å²) >= 11 is 0. The molecule has 0 unspecified atom stereocenters. The summed E-state index contributed by atoms with van der Waals surface area (Å²) in [7, 11) is 0. The van der Waals surface area contributed by atoms with Crippen LogP contribution in [0.1, 0.15) is 34.1 Å². The second-order valence-corrected chi connectivity index (χ2v) is 5.75. The van der Waals surface area contributed by atoms with Crippen LogP contribution in [0.4, 0.5) is 4.79 Å². The molecule has 108 valence electrons. The van der Waals surface area contributed by atoms with Gasteiger partial charge in [0.15, 0.2) is 0 Å². The number of rotatable bonds is 3. The topological polar surface area (TPSA) is 49.9 Å². The fourth-order valence-electron chi connectivity index (χ4n) is 1.97. The van der Waals surface area contributed by atoms with Crippen LogP contribution in [0.2, 0.25) is 0 Å². The fourth-order valence-corrected chi connectivity index (χ4v) is 1.97. The Hall–Kier alpha value is -1.52. The first kappa shape index (κ1) is 15.5. The van der Waals surface area contributed by atoms with Crippen molar-refractivity contribution < 1.29 is 14.3 Å². The number of nitrogens with zero attached hydrogens (tertiary/aromatic N) is 2. The summed E-state index contributed by atoms with van der Waals surface area (Å²) in [4.78, 5) is 27.4. The second-order valence-electron chi connectivity index (χ2n) is 5.75. The Bertz CT molecular complexity index is 360. The third-order valence-electron chi connectivity index (χ3n) is 2.98. The van der Waals surface area contributed by atoms with Crippen LogP contribution in [0.15, 0.2) is 12.7 Å². The molecule has 0 aliphatic carbocycles. The molecule has 1 rings (SSSR count). The molecule has 1 saturated heterocycles. The molecule has 19 heavy (non-hydrogen) atoms. The van der Waals surface area contributed by atoms with Crippen molar-refractivity contribution in [2.75, 3.05) is 19.6 Å². The van der Waals surface area contributed by atoms with Crippen LogP contribution in [-0.2, 0) is 9.53 Å². The van der Waals surface area contributed by atoms with Crippen molar-refractivity contribution in [1.82, 2.24) is 9.80 Å². The molecular weight excluding hydrogens is 244 g/mol. The van der Waals surface area contributed by atoms with Gasteiger partial charge in [0, 0.05) is 19.6 Å². The highest BCUT2D eigenvalue weighted by Crippen LogP contribution is 2.16. The standard InChI is InChI=1S/C14H24N2O3/c1-6-7-8-15-9-10-16(11(2)12(15)17)13(18)19-14(3,4)5/h6,11H,1,7-10H2,2-5H3/t11-/m0/s1. The Morgan fingerprint density at radius 3 is 2.63 bits per heavy atom. The predicted molar refractivity (Wildman–Crippen MR) is 73.8 cm³/mol. The lowest BCUT2D eigenvalue weighted by Gasteiger charge is -2.39. The second kappa shape index (κ2) is 6.08. The van der Waals surface area contributed by atoms with Gasteiger partial charge in [-0.1, -0.05) is 6.08 Å². The maximum absolute atomic E-state index is 12.2. The molecule has 5 nitrogen and oxygen atoms in total. The summed E-state index contributed by atoms with van der Waals surface area (Å²) in [5.74, 6) is -0.0287. The Morgan fingerprint density at radius 2 is 2.11 bits per heavy atom. The molecule has 5 heteroatoms. The number of piperazine rings is 1. The summed E-state index contributed by atoms with van der Waals surface area (Å²) in [6.45, 7) is 12.6. The average Bonchev–Trinajstić information content (AvgIpc) is 2.28. The molecule has 0 saturated carbocycles. The lowest BCUT2D eigenvalue weighted by molar-refractivity contribution is -0.140. The number of hydrogen-bond donors (Lipinski definition) is 0. The molecule has 1 heterocycles. The highest BCUT2D eigenvalue weighted by Gasteiger charge is 2.35. The first-order valence-corrected chi connectivity index (χ1v) is 6.65. The van der Waals surface area contributed by atoms with Gasteiger partial charge < -0.3 is 9.64 Å². The van der Waals surface area contributed by atoms with Gasteiger partial charge in [0.05, 0.1) is 0 Å². The molecule has 0 aromatic rings. The van der Waals surface area contributed by atoms with Gasteiger partial charge in [0.25, 0.3) is 0 Å². The van der Waals surface area contributed by atoms with E-state index in [9.17, 15) is 9.59 Å². The summed E-state index contributed by atoms with van der Waals surface area (Å²) < 4.78 is 5.31. The van der Waals surface area contributed by atoms with Gasteiger partial charge in [-0.3, -0.25) is 9.69 Å². The van der Waals surface area contributed by atoms with Gasteiger partial charge in [0.1, 0.15) is 11.6 Å². The number of carbonyl (C=O) groups excluding carboxylic acids is 2. The van der Waals surface area contributed by atoms with Crippen molar-refractivity contribution in [1.29, 1.82) is 0 Å². The van der Waals surface area contributed by atoms with Gasteiger partial charge in [-0.15, -0.1) is 6.58 Å². The molecule has 0 bridgehead atoms. The van der Waals surface area contributed by atoms with E-state index < -0.39 is 17.7 Å². The van der Waals surface area contributed by atoms with Gasteiger partial charge >= 0.3 is 6.09 Å². The molecule has 1 aliphatic rings. The zero-order valence-corrected chi connectivity index (χ0v) is 12.3. The lowest BCUT2D eigenvalue weighted by Crippen LogP contribution is -2.58. The normalized spacial score (nSPS) is 20.4. The largest absolute Gasteiger partial charge is 0.444 e. The number of ether oxygens (including phenoxy) is 1. The number of amides is 2. The third kappa shape index (κ3) is 4.26. The lowest BCUT2D eigenvalue weighted by atomic mass is 10.1. The van der Waals surface area contributed by atoms with E-state index in [0.717, 1.165) is 6.42 Å². The van der Waals surface area contributed by atoms with Gasteiger partial charge in [-0.05, 0) is 34.1 Å². The molecule has 0 aromatic heterocycles. The third-order valence-corrected chi connectivity index (χ3v) is 2.98. The quantitative estimate of drug-likeness (QED) is 0.736. The highest BCUT2D eigenvalue weighted by molar-refractivity contribution is 5.86. The predicted octanol–water partition coefficient (Wildman–Crippen LogP) is 2.03. The number of carbonyl (C=O) groups is 2. The Balaban J connectivity index is 2.63. The summed E-state index contributed by atoms with van der Waals surface area (Å²) in [6, 6.07) is -0.464. The molecule has 2 amide bonds. The maximum atomic E-state index is 12.2. The van der Waals surface area contributed by atoms with E-state index in [1.807, 2.05) is 20.8 Å². The molecule has 0 N–H and O–H groups in total. The van der Waals surface area contributed by atoms with Crippen LogP contribution in [0, 0.1) is 0 Å². The Kier molecular flexibility index (Phi) is 4.97. The van der Waals surface area contributed by atoms with E-state index in [2.05, 4.69) is 6.58 Å². The number of hydrogen-bond acceptors (Lipinski definition) is 3. The summed E-state index contributed by atoms with van der Waals surface area (Å²) in [6.07, 6.45) is 2.14. The average molecular weight is 268 g/mol. The van der Waals surface area contributed by atoms with E-state index in [1.54, 1.807) is 17.9 Å². The molecule has 0 spiro atoms. The van der Waals surface area contributed by atoms with Crippen LogP contribution in [0.5, 0.6) is 0 Å². The Morgan fingerprint density at radius 1 is 1.47 bits per heavy atom. The molecule has 0 radical (unpaired) electrons. The van der Waals surface area contributed by atoms with E-state index in [4.69, 9.17) is 4.74 Å². The highest BCUT2D eigenvalue weighted by atomic mass is 16.6. The van der Waals surface area contributed by atoms with Gasteiger partial charge in [-0.2, -0.15) is 0 Å². The van der Waals surface area contributed by atoms with E-state index in [-0.39, 0.29) is 5.91 Å².